The molecule has 2 N–H and O–H groups in total. The van der Waals surface area contributed by atoms with Gasteiger partial charge in [0, 0.05) is 18.7 Å². The summed E-state index contributed by atoms with van der Waals surface area (Å²) in [5, 5.41) is 12.1. The van der Waals surface area contributed by atoms with Crippen molar-refractivity contribution in [3.8, 4) is 0 Å². The number of aliphatic carboxylic acids is 1. The van der Waals surface area contributed by atoms with Gasteiger partial charge in [-0.05, 0) is 42.3 Å². The minimum absolute atomic E-state index is 0.0354. The summed E-state index contributed by atoms with van der Waals surface area (Å²) in [5.41, 5.74) is 2.48. The smallest absolute Gasteiger partial charge is 0.305 e. The van der Waals surface area contributed by atoms with Crippen molar-refractivity contribution in [2.24, 2.45) is 0 Å². The first kappa shape index (κ1) is 26.5. The van der Waals surface area contributed by atoms with E-state index in [1.165, 1.54) is 34.1 Å². The van der Waals surface area contributed by atoms with Gasteiger partial charge in [-0.2, -0.15) is 0 Å². The fourth-order valence-corrected chi connectivity index (χ4v) is 4.49. The van der Waals surface area contributed by atoms with Crippen LogP contribution in [0.1, 0.15) is 39.5 Å². The van der Waals surface area contributed by atoms with Gasteiger partial charge in [-0.3, -0.25) is 19.2 Å². The van der Waals surface area contributed by atoms with Gasteiger partial charge >= 0.3 is 5.97 Å². The minimum Gasteiger partial charge on any atom is -0.481 e. The summed E-state index contributed by atoms with van der Waals surface area (Å²) in [7, 11) is 0. The average Bonchev–Trinajstić information content (AvgIpc) is 3.35. The Bertz CT molecular complexity index is 1310. The third-order valence-corrected chi connectivity index (χ3v) is 6.45. The second-order valence-corrected chi connectivity index (χ2v) is 9.20. The molecule has 0 saturated carbocycles. The largest absolute Gasteiger partial charge is 0.481 e. The van der Waals surface area contributed by atoms with E-state index < -0.39 is 42.2 Å². The van der Waals surface area contributed by atoms with E-state index in [1.807, 2.05) is 25.1 Å². The average molecular weight is 518 g/mol. The SMILES string of the molecule is Cc1ccc(C(=O)N2CCN(C(=O)Cc3ccccc3)C2C(=O)NC(CC(=O)O)c2ccc(F)cc2)cc1. The monoisotopic (exact) mass is 517 g/mol. The molecule has 38 heavy (non-hydrogen) atoms. The van der Waals surface area contributed by atoms with Crippen molar-refractivity contribution in [3.05, 3.63) is 107 Å². The Kier molecular flexibility index (Phi) is 8.15. The summed E-state index contributed by atoms with van der Waals surface area (Å²) < 4.78 is 13.5. The van der Waals surface area contributed by atoms with Gasteiger partial charge in [0.15, 0.2) is 6.17 Å². The van der Waals surface area contributed by atoms with E-state index >= 15 is 0 Å². The first-order valence-electron chi connectivity index (χ1n) is 12.2. The van der Waals surface area contributed by atoms with Gasteiger partial charge in [0.25, 0.3) is 11.8 Å². The number of carbonyl (C=O) groups excluding carboxylic acids is 3. The second-order valence-electron chi connectivity index (χ2n) is 9.20. The van der Waals surface area contributed by atoms with E-state index in [2.05, 4.69) is 5.32 Å². The fourth-order valence-electron chi connectivity index (χ4n) is 4.49. The number of hydrogen-bond acceptors (Lipinski definition) is 4. The molecular formula is C29H28FN3O5. The van der Waals surface area contributed by atoms with E-state index in [9.17, 15) is 28.7 Å². The van der Waals surface area contributed by atoms with Crippen LogP contribution in [-0.4, -0.2) is 57.9 Å². The summed E-state index contributed by atoms with van der Waals surface area (Å²) in [4.78, 5) is 54.7. The van der Waals surface area contributed by atoms with Crippen LogP contribution in [0.3, 0.4) is 0 Å². The lowest BCUT2D eigenvalue weighted by molar-refractivity contribution is -0.142. The molecule has 1 aliphatic rings. The predicted octanol–water partition coefficient (Wildman–Crippen LogP) is 3.32. The minimum atomic E-state index is -1.28. The van der Waals surface area contributed by atoms with Crippen LogP contribution in [0.2, 0.25) is 0 Å². The van der Waals surface area contributed by atoms with E-state index in [-0.39, 0.29) is 25.4 Å². The second kappa shape index (κ2) is 11.7. The van der Waals surface area contributed by atoms with Gasteiger partial charge in [0.05, 0.1) is 18.9 Å². The van der Waals surface area contributed by atoms with Gasteiger partial charge < -0.3 is 20.2 Å². The number of amides is 3. The van der Waals surface area contributed by atoms with Gasteiger partial charge in [-0.25, -0.2) is 4.39 Å². The van der Waals surface area contributed by atoms with Crippen molar-refractivity contribution < 1.29 is 28.7 Å². The lowest BCUT2D eigenvalue weighted by atomic mass is 10.0. The molecule has 2 unspecified atom stereocenters. The van der Waals surface area contributed by atoms with Crippen molar-refractivity contribution in [2.45, 2.75) is 32.0 Å². The van der Waals surface area contributed by atoms with Gasteiger partial charge in [-0.15, -0.1) is 0 Å². The highest BCUT2D eigenvalue weighted by Gasteiger charge is 2.43. The van der Waals surface area contributed by atoms with Crippen LogP contribution in [0.25, 0.3) is 0 Å². The normalized spacial score (nSPS) is 15.7. The van der Waals surface area contributed by atoms with Crippen molar-refractivity contribution in [2.75, 3.05) is 13.1 Å². The molecule has 2 atom stereocenters. The molecule has 4 rings (SSSR count). The Morgan fingerprint density at radius 2 is 1.55 bits per heavy atom. The molecule has 3 amide bonds. The number of aryl methyl sites for hydroxylation is 1. The topological polar surface area (TPSA) is 107 Å². The predicted molar refractivity (Wildman–Crippen MR) is 137 cm³/mol. The van der Waals surface area contributed by atoms with E-state index in [4.69, 9.17) is 0 Å². The maximum absolute atomic E-state index is 13.7. The summed E-state index contributed by atoms with van der Waals surface area (Å²) in [6.45, 7) is 2.16. The Morgan fingerprint density at radius 1 is 0.921 bits per heavy atom. The van der Waals surface area contributed by atoms with E-state index in [1.54, 1.807) is 36.4 Å². The zero-order valence-corrected chi connectivity index (χ0v) is 20.8. The first-order chi connectivity index (χ1) is 18.2. The van der Waals surface area contributed by atoms with Gasteiger partial charge in [-0.1, -0.05) is 60.2 Å². The van der Waals surface area contributed by atoms with Crippen molar-refractivity contribution in [1.82, 2.24) is 15.1 Å². The summed E-state index contributed by atoms with van der Waals surface area (Å²) in [6.07, 6.45) is -1.71. The summed E-state index contributed by atoms with van der Waals surface area (Å²) >= 11 is 0. The van der Waals surface area contributed by atoms with Gasteiger partial charge in [0.2, 0.25) is 5.91 Å². The van der Waals surface area contributed by atoms with Crippen molar-refractivity contribution in [3.63, 3.8) is 0 Å². The first-order valence-corrected chi connectivity index (χ1v) is 12.2. The van der Waals surface area contributed by atoms with Crippen LogP contribution < -0.4 is 5.32 Å². The molecule has 0 bridgehead atoms. The van der Waals surface area contributed by atoms with Crippen LogP contribution in [0, 0.1) is 12.7 Å². The van der Waals surface area contributed by atoms with Crippen molar-refractivity contribution in [1.29, 1.82) is 0 Å². The molecule has 3 aromatic carbocycles. The maximum atomic E-state index is 13.7. The molecule has 0 aliphatic carbocycles. The number of nitrogens with zero attached hydrogens (tertiary/aromatic N) is 2. The number of carbonyl (C=O) groups is 4. The zero-order chi connectivity index (χ0) is 27.2. The lowest BCUT2D eigenvalue weighted by Crippen LogP contribution is -2.54. The molecule has 1 fully saturated rings. The standard InChI is InChI=1S/C29H28FN3O5/c1-19-7-9-22(10-8-19)29(38)33-16-15-32(25(34)17-20-5-3-2-4-6-20)28(33)27(37)31-24(18-26(35)36)21-11-13-23(30)14-12-21/h2-14,24,28H,15-18H2,1H3,(H,31,37)(H,35,36). The molecule has 8 nitrogen and oxygen atoms in total. The number of carboxylic acids is 1. The quantitative estimate of drug-likeness (QED) is 0.477. The zero-order valence-electron chi connectivity index (χ0n) is 20.8. The molecule has 0 aromatic heterocycles. The number of rotatable bonds is 8. The van der Waals surface area contributed by atoms with Crippen LogP contribution >= 0.6 is 0 Å². The Balaban J connectivity index is 1.63. The summed E-state index contributed by atoms with van der Waals surface area (Å²) in [6, 6.07) is 20.1. The fraction of sp³-hybridized carbons (Fsp3) is 0.241. The van der Waals surface area contributed by atoms with Crippen molar-refractivity contribution >= 4 is 23.7 Å². The molecule has 1 aliphatic heterocycles. The molecule has 9 heteroatoms. The van der Waals surface area contributed by atoms with Crippen LogP contribution in [0.15, 0.2) is 78.9 Å². The summed E-state index contributed by atoms with van der Waals surface area (Å²) in [5.74, 6) is -3.13. The number of halogens is 1. The molecule has 196 valence electrons. The highest BCUT2D eigenvalue weighted by Crippen LogP contribution is 2.23. The number of hydrogen-bond donors (Lipinski definition) is 2. The lowest BCUT2D eigenvalue weighted by Gasteiger charge is -2.31. The number of carboxylic acid groups (broad SMARTS) is 1. The Morgan fingerprint density at radius 3 is 2.18 bits per heavy atom. The molecule has 1 heterocycles. The third-order valence-electron chi connectivity index (χ3n) is 6.45. The number of benzene rings is 3. The molecule has 1 saturated heterocycles. The van der Waals surface area contributed by atoms with Crippen LogP contribution in [0.4, 0.5) is 4.39 Å². The Labute approximate surface area is 219 Å². The number of nitrogens with one attached hydrogen (secondary N) is 1. The van der Waals surface area contributed by atoms with E-state index in [0.717, 1.165) is 11.1 Å². The molecule has 0 spiro atoms. The Hall–Kier alpha value is -4.53. The highest BCUT2D eigenvalue weighted by atomic mass is 19.1. The van der Waals surface area contributed by atoms with Crippen LogP contribution in [-0.2, 0) is 20.8 Å². The maximum Gasteiger partial charge on any atom is 0.305 e. The van der Waals surface area contributed by atoms with E-state index in [0.29, 0.717) is 11.1 Å². The highest BCUT2D eigenvalue weighted by molar-refractivity contribution is 5.99. The molecule has 0 radical (unpaired) electrons. The molecular weight excluding hydrogens is 489 g/mol. The molecule has 3 aromatic rings. The third kappa shape index (κ3) is 6.23. The van der Waals surface area contributed by atoms with Gasteiger partial charge in [0.1, 0.15) is 5.82 Å². The van der Waals surface area contributed by atoms with Crippen LogP contribution in [0.5, 0.6) is 0 Å².